The molecule has 1 heterocycles. The van der Waals surface area contributed by atoms with Gasteiger partial charge in [-0.2, -0.15) is 4.31 Å². The summed E-state index contributed by atoms with van der Waals surface area (Å²) in [6.07, 6.45) is 3.08. The number of aryl methyl sites for hydroxylation is 1. The van der Waals surface area contributed by atoms with Crippen molar-refractivity contribution in [1.29, 1.82) is 0 Å². The fraction of sp³-hybridized carbons (Fsp3) is 0.579. The predicted octanol–water partition coefficient (Wildman–Crippen LogP) is 2.45. The van der Waals surface area contributed by atoms with Gasteiger partial charge in [-0.3, -0.25) is 9.59 Å². The van der Waals surface area contributed by atoms with Crippen LogP contribution in [0.2, 0.25) is 0 Å². The number of benzene rings is 1. The molecule has 0 spiro atoms. The fourth-order valence-corrected chi connectivity index (χ4v) is 4.97. The van der Waals surface area contributed by atoms with Gasteiger partial charge < -0.3 is 4.74 Å². The van der Waals surface area contributed by atoms with Crippen LogP contribution in [0.3, 0.4) is 0 Å². The van der Waals surface area contributed by atoms with Crippen LogP contribution in [0.1, 0.15) is 44.1 Å². The topological polar surface area (TPSA) is 80.8 Å². The third-order valence-electron chi connectivity index (χ3n) is 5.20. The number of carbonyl (C=O) groups is 2. The van der Waals surface area contributed by atoms with Crippen LogP contribution in [-0.4, -0.2) is 43.7 Å². The molecule has 26 heavy (non-hydrogen) atoms. The summed E-state index contributed by atoms with van der Waals surface area (Å²) in [6.45, 7) is 2.48. The minimum absolute atomic E-state index is 0.00369. The number of ether oxygens (including phenoxy) is 1. The summed E-state index contributed by atoms with van der Waals surface area (Å²) in [4.78, 5) is 24.4. The normalized spacial score (nSPS) is 23.0. The number of esters is 1. The van der Waals surface area contributed by atoms with Crippen molar-refractivity contribution in [2.24, 2.45) is 5.92 Å². The Morgan fingerprint density at radius 3 is 2.35 bits per heavy atom. The number of ketones is 1. The van der Waals surface area contributed by atoms with Gasteiger partial charge >= 0.3 is 5.97 Å². The van der Waals surface area contributed by atoms with E-state index in [0.717, 1.165) is 18.4 Å². The zero-order valence-corrected chi connectivity index (χ0v) is 15.8. The molecule has 1 atom stereocenters. The molecule has 2 fully saturated rings. The number of hydrogen-bond acceptors (Lipinski definition) is 5. The second kappa shape index (κ2) is 7.88. The molecule has 0 N–H and O–H groups in total. The lowest BCUT2D eigenvalue weighted by atomic mass is 9.95. The molecule has 1 aromatic rings. The Balaban J connectivity index is 1.57. The highest BCUT2D eigenvalue weighted by molar-refractivity contribution is 7.89. The number of rotatable bonds is 4. The predicted molar refractivity (Wildman–Crippen MR) is 96.0 cm³/mol. The summed E-state index contributed by atoms with van der Waals surface area (Å²) in [7, 11) is -3.54. The first-order chi connectivity index (χ1) is 12.4. The smallest absolute Gasteiger partial charge is 0.309 e. The van der Waals surface area contributed by atoms with E-state index in [1.54, 1.807) is 24.3 Å². The van der Waals surface area contributed by atoms with Crippen molar-refractivity contribution in [2.75, 3.05) is 13.1 Å². The molecule has 142 valence electrons. The van der Waals surface area contributed by atoms with E-state index >= 15 is 0 Å². The molecule has 0 radical (unpaired) electrons. The largest absolute Gasteiger partial charge is 0.454 e. The first-order valence-corrected chi connectivity index (χ1v) is 10.6. The van der Waals surface area contributed by atoms with Crippen LogP contribution in [0, 0.1) is 12.8 Å². The molecule has 1 saturated carbocycles. The SMILES string of the molecule is Cc1ccc(S(=O)(=O)N2CCC(C(=O)O[C@H]3CCCCC3=O)CC2)cc1. The lowest BCUT2D eigenvalue weighted by Crippen LogP contribution is -2.41. The van der Waals surface area contributed by atoms with E-state index in [9.17, 15) is 18.0 Å². The quantitative estimate of drug-likeness (QED) is 0.751. The number of nitrogens with zero attached hydrogens (tertiary/aromatic N) is 1. The Kier molecular flexibility index (Phi) is 5.77. The molecular weight excluding hydrogens is 354 g/mol. The van der Waals surface area contributed by atoms with E-state index in [0.29, 0.717) is 25.7 Å². The van der Waals surface area contributed by atoms with E-state index < -0.39 is 16.1 Å². The highest BCUT2D eigenvalue weighted by Gasteiger charge is 2.35. The van der Waals surface area contributed by atoms with Crippen LogP contribution in [0.15, 0.2) is 29.2 Å². The van der Waals surface area contributed by atoms with E-state index in [2.05, 4.69) is 0 Å². The summed E-state index contributed by atoms with van der Waals surface area (Å²) >= 11 is 0. The molecule has 2 aliphatic rings. The monoisotopic (exact) mass is 379 g/mol. The van der Waals surface area contributed by atoms with Crippen LogP contribution in [0.4, 0.5) is 0 Å². The highest BCUT2D eigenvalue weighted by atomic mass is 32.2. The number of carbonyl (C=O) groups excluding carboxylic acids is 2. The second-order valence-electron chi connectivity index (χ2n) is 7.13. The molecule has 6 nitrogen and oxygen atoms in total. The standard InChI is InChI=1S/C19H25NO5S/c1-14-6-8-16(9-7-14)26(23,24)20-12-10-15(11-13-20)19(22)25-18-5-3-2-4-17(18)21/h6-9,15,18H,2-5,10-13H2,1H3/t18-/m0/s1. The maximum atomic E-state index is 12.7. The molecular formula is C19H25NO5S. The summed E-state index contributed by atoms with van der Waals surface area (Å²) in [5, 5.41) is 0. The van der Waals surface area contributed by atoms with E-state index in [1.807, 2.05) is 6.92 Å². The lowest BCUT2D eigenvalue weighted by Gasteiger charge is -2.31. The van der Waals surface area contributed by atoms with Gasteiger partial charge in [0, 0.05) is 19.5 Å². The van der Waals surface area contributed by atoms with Crippen LogP contribution < -0.4 is 0 Å². The van der Waals surface area contributed by atoms with Gasteiger partial charge in [-0.05, 0) is 51.2 Å². The van der Waals surface area contributed by atoms with Crippen LogP contribution in [-0.2, 0) is 24.3 Å². The van der Waals surface area contributed by atoms with Crippen molar-refractivity contribution in [3.8, 4) is 0 Å². The minimum atomic E-state index is -3.54. The zero-order valence-electron chi connectivity index (χ0n) is 15.0. The van der Waals surface area contributed by atoms with E-state index in [1.165, 1.54) is 4.31 Å². The summed E-state index contributed by atoms with van der Waals surface area (Å²) < 4.78 is 32.2. The number of hydrogen-bond donors (Lipinski definition) is 0. The number of sulfonamides is 1. The van der Waals surface area contributed by atoms with Gasteiger partial charge in [0.25, 0.3) is 0 Å². The molecule has 1 aliphatic carbocycles. The van der Waals surface area contributed by atoms with E-state index in [4.69, 9.17) is 4.74 Å². The van der Waals surface area contributed by atoms with Crippen molar-refractivity contribution in [2.45, 2.75) is 56.4 Å². The van der Waals surface area contributed by atoms with Gasteiger partial charge in [0.1, 0.15) is 0 Å². The van der Waals surface area contributed by atoms with Gasteiger partial charge in [0.05, 0.1) is 10.8 Å². The lowest BCUT2D eigenvalue weighted by molar-refractivity contribution is -0.161. The molecule has 1 aromatic carbocycles. The minimum Gasteiger partial charge on any atom is -0.454 e. The molecule has 3 rings (SSSR count). The molecule has 1 saturated heterocycles. The fourth-order valence-electron chi connectivity index (χ4n) is 3.50. The number of Topliss-reactive ketones (excluding diaryl/α,β-unsaturated/α-hetero) is 1. The van der Waals surface area contributed by atoms with Crippen LogP contribution >= 0.6 is 0 Å². The Morgan fingerprint density at radius 2 is 1.73 bits per heavy atom. The summed E-state index contributed by atoms with van der Waals surface area (Å²) in [5.41, 5.74) is 1.00. The van der Waals surface area contributed by atoms with Crippen LogP contribution in [0.25, 0.3) is 0 Å². The van der Waals surface area contributed by atoms with Gasteiger partial charge in [0.15, 0.2) is 11.9 Å². The number of piperidine rings is 1. The molecule has 1 aliphatic heterocycles. The first-order valence-electron chi connectivity index (χ1n) is 9.18. The Labute approximate surface area is 154 Å². The second-order valence-corrected chi connectivity index (χ2v) is 9.07. The molecule has 0 aromatic heterocycles. The van der Waals surface area contributed by atoms with Gasteiger partial charge in [-0.25, -0.2) is 8.42 Å². The van der Waals surface area contributed by atoms with Gasteiger partial charge in [-0.15, -0.1) is 0 Å². The van der Waals surface area contributed by atoms with Crippen molar-refractivity contribution >= 4 is 21.8 Å². The molecule has 0 unspecified atom stereocenters. The summed E-state index contributed by atoms with van der Waals surface area (Å²) in [6, 6.07) is 6.77. The average Bonchev–Trinajstić information content (AvgIpc) is 2.64. The van der Waals surface area contributed by atoms with Crippen molar-refractivity contribution in [3.63, 3.8) is 0 Å². The molecule has 0 bridgehead atoms. The maximum Gasteiger partial charge on any atom is 0.309 e. The highest BCUT2D eigenvalue weighted by Crippen LogP contribution is 2.26. The Morgan fingerprint density at radius 1 is 1.08 bits per heavy atom. The van der Waals surface area contributed by atoms with Crippen LogP contribution in [0.5, 0.6) is 0 Å². The van der Waals surface area contributed by atoms with Gasteiger partial charge in [-0.1, -0.05) is 17.7 Å². The third-order valence-corrected chi connectivity index (χ3v) is 7.12. The van der Waals surface area contributed by atoms with E-state index in [-0.39, 0.29) is 35.7 Å². The maximum absolute atomic E-state index is 12.7. The molecule has 0 amide bonds. The third kappa shape index (κ3) is 4.15. The Hall–Kier alpha value is -1.73. The van der Waals surface area contributed by atoms with Gasteiger partial charge in [0.2, 0.25) is 10.0 Å². The Bertz CT molecular complexity index is 764. The van der Waals surface area contributed by atoms with Crippen molar-refractivity contribution < 1.29 is 22.7 Å². The molecule has 7 heteroatoms. The zero-order chi connectivity index (χ0) is 18.7. The van der Waals surface area contributed by atoms with Crippen molar-refractivity contribution in [1.82, 2.24) is 4.31 Å². The average molecular weight is 379 g/mol. The summed E-state index contributed by atoms with van der Waals surface area (Å²) in [5.74, 6) is -0.698. The van der Waals surface area contributed by atoms with Crippen molar-refractivity contribution in [3.05, 3.63) is 29.8 Å². The first kappa shape index (κ1) is 19.0.